The van der Waals surface area contributed by atoms with E-state index in [9.17, 15) is 0 Å². The molecule has 0 bridgehead atoms. The molecule has 0 aromatic heterocycles. The Hall–Kier alpha value is -1.10. The molecule has 1 aromatic rings. The van der Waals surface area contributed by atoms with Crippen molar-refractivity contribution in [3.8, 4) is 5.75 Å². The molecule has 1 fully saturated rings. The molecule has 21 heavy (non-hydrogen) atoms. The van der Waals surface area contributed by atoms with Crippen LogP contribution >= 0.6 is 0 Å². The molecule has 4 heteroatoms. The number of unbranched alkanes of at least 4 members (excludes halogenated alkanes) is 1. The highest BCUT2D eigenvalue weighted by Crippen LogP contribution is 2.09. The summed E-state index contributed by atoms with van der Waals surface area (Å²) in [7, 11) is 0. The number of nitrogens with zero attached hydrogens (tertiary/aromatic N) is 2. The highest BCUT2D eigenvalue weighted by molar-refractivity contribution is 5.20. The molecule has 0 amide bonds. The molecule has 0 unspecified atom stereocenters. The van der Waals surface area contributed by atoms with Crippen molar-refractivity contribution in [3.63, 3.8) is 0 Å². The number of nitrogens with two attached hydrogens (primary N) is 1. The molecule has 1 aliphatic heterocycles. The predicted molar refractivity (Wildman–Crippen MR) is 87.7 cm³/mol. The number of benzene rings is 1. The van der Waals surface area contributed by atoms with Crippen LogP contribution < -0.4 is 10.5 Å². The Bertz CT molecular complexity index is 364. The Kier molecular flexibility index (Phi) is 7.57. The SMILES string of the molecule is NCCCN1CCN(CCCCOc2ccccc2)CC1. The van der Waals surface area contributed by atoms with Crippen molar-refractivity contribution in [1.29, 1.82) is 0 Å². The molecule has 0 saturated carbocycles. The van der Waals surface area contributed by atoms with Gasteiger partial charge in [-0.05, 0) is 51.0 Å². The van der Waals surface area contributed by atoms with Gasteiger partial charge in [-0.1, -0.05) is 18.2 Å². The summed E-state index contributed by atoms with van der Waals surface area (Å²) in [6, 6.07) is 10.1. The van der Waals surface area contributed by atoms with Gasteiger partial charge in [0.25, 0.3) is 0 Å². The van der Waals surface area contributed by atoms with Gasteiger partial charge in [0.1, 0.15) is 5.75 Å². The normalized spacial score (nSPS) is 17.0. The number of hydrogen-bond acceptors (Lipinski definition) is 4. The van der Waals surface area contributed by atoms with Crippen molar-refractivity contribution in [3.05, 3.63) is 30.3 Å². The van der Waals surface area contributed by atoms with E-state index in [-0.39, 0.29) is 0 Å². The lowest BCUT2D eigenvalue weighted by molar-refractivity contribution is 0.129. The van der Waals surface area contributed by atoms with E-state index in [0.717, 1.165) is 38.3 Å². The highest BCUT2D eigenvalue weighted by atomic mass is 16.5. The molecule has 2 rings (SSSR count). The summed E-state index contributed by atoms with van der Waals surface area (Å²) in [5.41, 5.74) is 5.56. The zero-order chi connectivity index (χ0) is 14.8. The molecule has 118 valence electrons. The standard InChI is InChI=1S/C17H29N3O/c18-9-6-11-20-14-12-19(13-15-20)10-4-5-16-21-17-7-2-1-3-8-17/h1-3,7-8H,4-6,9-16,18H2. The van der Waals surface area contributed by atoms with Gasteiger partial charge in [0.15, 0.2) is 0 Å². The second-order valence-electron chi connectivity index (χ2n) is 5.69. The largest absolute Gasteiger partial charge is 0.494 e. The van der Waals surface area contributed by atoms with Crippen LogP contribution in [0, 0.1) is 0 Å². The van der Waals surface area contributed by atoms with Gasteiger partial charge in [0.05, 0.1) is 6.61 Å². The van der Waals surface area contributed by atoms with E-state index in [1.807, 2.05) is 30.3 Å². The Morgan fingerprint density at radius 1 is 0.857 bits per heavy atom. The maximum absolute atomic E-state index is 5.72. The minimum absolute atomic E-state index is 0.807. The molecule has 1 aromatic carbocycles. The number of hydrogen-bond donors (Lipinski definition) is 1. The van der Waals surface area contributed by atoms with Crippen LogP contribution in [0.25, 0.3) is 0 Å². The van der Waals surface area contributed by atoms with Crippen LogP contribution in [-0.4, -0.2) is 62.2 Å². The van der Waals surface area contributed by atoms with Crippen LogP contribution in [0.3, 0.4) is 0 Å². The average molecular weight is 291 g/mol. The average Bonchev–Trinajstić information content (AvgIpc) is 2.55. The first-order valence-electron chi connectivity index (χ1n) is 8.21. The number of ether oxygens (including phenoxy) is 1. The fourth-order valence-electron chi connectivity index (χ4n) is 2.70. The van der Waals surface area contributed by atoms with E-state index < -0.39 is 0 Å². The summed E-state index contributed by atoms with van der Waals surface area (Å²) in [5.74, 6) is 0.978. The van der Waals surface area contributed by atoms with E-state index in [1.165, 1.54) is 39.1 Å². The van der Waals surface area contributed by atoms with E-state index in [2.05, 4.69) is 9.80 Å². The summed E-state index contributed by atoms with van der Waals surface area (Å²) < 4.78 is 5.72. The van der Waals surface area contributed by atoms with Crippen LogP contribution in [0.4, 0.5) is 0 Å². The maximum Gasteiger partial charge on any atom is 0.119 e. The lowest BCUT2D eigenvalue weighted by Crippen LogP contribution is -2.47. The first kappa shape index (κ1) is 16.3. The molecule has 0 radical (unpaired) electrons. The molecule has 0 aliphatic carbocycles. The smallest absolute Gasteiger partial charge is 0.119 e. The summed E-state index contributed by atoms with van der Waals surface area (Å²) in [5, 5.41) is 0. The monoisotopic (exact) mass is 291 g/mol. The van der Waals surface area contributed by atoms with E-state index in [0.29, 0.717) is 0 Å². The van der Waals surface area contributed by atoms with Crippen molar-refractivity contribution in [2.24, 2.45) is 5.73 Å². The highest BCUT2D eigenvalue weighted by Gasteiger charge is 2.15. The third-order valence-electron chi connectivity index (χ3n) is 4.02. The van der Waals surface area contributed by atoms with Crippen LogP contribution in [0.15, 0.2) is 30.3 Å². The fourth-order valence-corrected chi connectivity index (χ4v) is 2.70. The quantitative estimate of drug-likeness (QED) is 0.705. The van der Waals surface area contributed by atoms with Crippen molar-refractivity contribution in [2.75, 3.05) is 52.4 Å². The van der Waals surface area contributed by atoms with Gasteiger partial charge < -0.3 is 20.3 Å². The molecular weight excluding hydrogens is 262 g/mol. The van der Waals surface area contributed by atoms with Crippen molar-refractivity contribution in [1.82, 2.24) is 9.80 Å². The number of rotatable bonds is 9. The second kappa shape index (κ2) is 9.77. The van der Waals surface area contributed by atoms with Gasteiger partial charge in [-0.25, -0.2) is 0 Å². The molecule has 1 aliphatic rings. The molecule has 1 heterocycles. The van der Waals surface area contributed by atoms with Crippen LogP contribution in [0.2, 0.25) is 0 Å². The maximum atomic E-state index is 5.72. The molecule has 4 nitrogen and oxygen atoms in total. The van der Waals surface area contributed by atoms with Gasteiger partial charge in [0, 0.05) is 26.2 Å². The fraction of sp³-hybridized carbons (Fsp3) is 0.647. The summed E-state index contributed by atoms with van der Waals surface area (Å²) in [4.78, 5) is 5.10. The van der Waals surface area contributed by atoms with E-state index in [1.54, 1.807) is 0 Å². The predicted octanol–water partition coefficient (Wildman–Crippen LogP) is 1.81. The van der Waals surface area contributed by atoms with E-state index >= 15 is 0 Å². The first-order chi connectivity index (χ1) is 10.4. The minimum Gasteiger partial charge on any atom is -0.494 e. The molecular formula is C17H29N3O. The topological polar surface area (TPSA) is 41.7 Å². The first-order valence-corrected chi connectivity index (χ1v) is 8.21. The van der Waals surface area contributed by atoms with Crippen molar-refractivity contribution < 1.29 is 4.74 Å². The van der Waals surface area contributed by atoms with Gasteiger partial charge in [-0.3, -0.25) is 0 Å². The molecule has 0 spiro atoms. The lowest BCUT2D eigenvalue weighted by Gasteiger charge is -2.34. The van der Waals surface area contributed by atoms with Crippen molar-refractivity contribution >= 4 is 0 Å². The Morgan fingerprint density at radius 3 is 2.10 bits per heavy atom. The second-order valence-corrected chi connectivity index (χ2v) is 5.69. The van der Waals surface area contributed by atoms with Crippen LogP contribution in [0.1, 0.15) is 19.3 Å². The summed E-state index contributed by atoms with van der Waals surface area (Å²) in [6.07, 6.45) is 3.47. The zero-order valence-corrected chi connectivity index (χ0v) is 13.0. The summed E-state index contributed by atoms with van der Waals surface area (Å²) in [6.45, 7) is 8.77. The molecule has 0 atom stereocenters. The number of para-hydroxylation sites is 1. The van der Waals surface area contributed by atoms with E-state index in [4.69, 9.17) is 10.5 Å². The van der Waals surface area contributed by atoms with Gasteiger partial charge in [-0.15, -0.1) is 0 Å². The lowest BCUT2D eigenvalue weighted by atomic mass is 10.2. The van der Waals surface area contributed by atoms with Gasteiger partial charge >= 0.3 is 0 Å². The summed E-state index contributed by atoms with van der Waals surface area (Å²) >= 11 is 0. The van der Waals surface area contributed by atoms with Crippen molar-refractivity contribution in [2.45, 2.75) is 19.3 Å². The Labute approximate surface area is 128 Å². The Balaban J connectivity index is 1.48. The Morgan fingerprint density at radius 2 is 1.48 bits per heavy atom. The minimum atomic E-state index is 0.807. The van der Waals surface area contributed by atoms with Gasteiger partial charge in [-0.2, -0.15) is 0 Å². The zero-order valence-electron chi connectivity index (χ0n) is 13.0. The van der Waals surface area contributed by atoms with Crippen LogP contribution in [0.5, 0.6) is 5.75 Å². The molecule has 2 N–H and O–H groups in total. The van der Waals surface area contributed by atoms with Gasteiger partial charge in [0.2, 0.25) is 0 Å². The third-order valence-corrected chi connectivity index (χ3v) is 4.02. The number of piperazine rings is 1. The third kappa shape index (κ3) is 6.46. The van der Waals surface area contributed by atoms with Crippen LogP contribution in [-0.2, 0) is 0 Å². The molecule has 1 saturated heterocycles.